The van der Waals surface area contributed by atoms with E-state index in [0.717, 1.165) is 25.8 Å². The predicted molar refractivity (Wildman–Crippen MR) is 70.3 cm³/mol. The highest BCUT2D eigenvalue weighted by Gasteiger charge is 2.38. The molecule has 0 unspecified atom stereocenters. The minimum Gasteiger partial charge on any atom is -0.369 e. The van der Waals surface area contributed by atoms with Crippen LogP contribution in [0, 0.1) is 0 Å². The molecular formula is C13H19F3N4. The summed E-state index contributed by atoms with van der Waals surface area (Å²) in [6, 6.07) is 0.0383. The van der Waals surface area contributed by atoms with E-state index in [1.54, 1.807) is 12.4 Å². The Balaban J connectivity index is 1.93. The molecule has 0 aromatic carbocycles. The molecule has 1 aromatic rings. The van der Waals surface area contributed by atoms with Crippen molar-refractivity contribution in [3.8, 4) is 0 Å². The molecule has 0 atom stereocenters. The van der Waals surface area contributed by atoms with Gasteiger partial charge in [0.2, 0.25) is 0 Å². The Kier molecular flexibility index (Phi) is 4.80. The molecule has 1 aliphatic carbocycles. The molecule has 1 heterocycles. The lowest BCUT2D eigenvalue weighted by Crippen LogP contribution is -2.35. The van der Waals surface area contributed by atoms with E-state index in [1.807, 2.05) is 6.92 Å². The van der Waals surface area contributed by atoms with Crippen molar-refractivity contribution >= 4 is 5.82 Å². The third kappa shape index (κ3) is 4.96. The molecule has 0 saturated heterocycles. The molecule has 0 bridgehead atoms. The number of alkyl halides is 3. The fourth-order valence-corrected chi connectivity index (χ4v) is 1.97. The van der Waals surface area contributed by atoms with E-state index in [2.05, 4.69) is 15.3 Å². The molecule has 4 nitrogen and oxygen atoms in total. The van der Waals surface area contributed by atoms with Gasteiger partial charge in [0.1, 0.15) is 5.82 Å². The SMILES string of the molecule is CCCNc1cnc(CN(CC(F)(F)F)C2CC2)cn1. The van der Waals surface area contributed by atoms with Crippen LogP contribution in [-0.4, -0.2) is 40.2 Å². The van der Waals surface area contributed by atoms with Crippen LogP contribution in [0.2, 0.25) is 0 Å². The second kappa shape index (κ2) is 6.39. The van der Waals surface area contributed by atoms with Gasteiger partial charge in [-0.25, -0.2) is 4.98 Å². The van der Waals surface area contributed by atoms with Crippen LogP contribution in [-0.2, 0) is 6.54 Å². The molecule has 112 valence electrons. The molecule has 1 fully saturated rings. The first-order chi connectivity index (χ1) is 9.48. The van der Waals surface area contributed by atoms with Crippen molar-refractivity contribution in [3.05, 3.63) is 18.1 Å². The zero-order valence-corrected chi connectivity index (χ0v) is 11.5. The fraction of sp³-hybridized carbons (Fsp3) is 0.692. The first-order valence-corrected chi connectivity index (χ1v) is 6.83. The standard InChI is InChI=1S/C13H19F3N4/c1-2-5-17-12-7-18-10(6-19-12)8-20(11-3-4-11)9-13(14,15)16/h6-7,11H,2-5,8-9H2,1H3,(H,17,19). The number of rotatable bonds is 7. The van der Waals surface area contributed by atoms with E-state index in [9.17, 15) is 13.2 Å². The molecule has 20 heavy (non-hydrogen) atoms. The second-order valence-corrected chi connectivity index (χ2v) is 5.07. The minimum atomic E-state index is -4.17. The summed E-state index contributed by atoms with van der Waals surface area (Å²) in [5.74, 6) is 0.657. The zero-order valence-electron chi connectivity index (χ0n) is 11.5. The van der Waals surface area contributed by atoms with E-state index >= 15 is 0 Å². The second-order valence-electron chi connectivity index (χ2n) is 5.07. The molecule has 2 rings (SSSR count). The summed E-state index contributed by atoms with van der Waals surface area (Å²) in [4.78, 5) is 9.78. The molecule has 1 aliphatic rings. The van der Waals surface area contributed by atoms with Crippen molar-refractivity contribution in [1.29, 1.82) is 0 Å². The van der Waals surface area contributed by atoms with Crippen LogP contribution in [0.25, 0.3) is 0 Å². The van der Waals surface area contributed by atoms with Crippen LogP contribution < -0.4 is 5.32 Å². The number of hydrogen-bond acceptors (Lipinski definition) is 4. The van der Waals surface area contributed by atoms with Crippen molar-refractivity contribution in [2.45, 2.75) is 44.9 Å². The smallest absolute Gasteiger partial charge is 0.369 e. The molecule has 1 aromatic heterocycles. The van der Waals surface area contributed by atoms with Gasteiger partial charge < -0.3 is 5.32 Å². The number of halogens is 3. The van der Waals surface area contributed by atoms with E-state index in [1.165, 1.54) is 4.90 Å². The average molecular weight is 288 g/mol. The van der Waals surface area contributed by atoms with Crippen LogP contribution in [0.4, 0.5) is 19.0 Å². The van der Waals surface area contributed by atoms with Gasteiger partial charge in [-0.05, 0) is 19.3 Å². The summed E-state index contributed by atoms with van der Waals surface area (Å²) >= 11 is 0. The molecular weight excluding hydrogens is 269 g/mol. The molecule has 0 aliphatic heterocycles. The van der Waals surface area contributed by atoms with Crippen LogP contribution >= 0.6 is 0 Å². The Morgan fingerprint density at radius 2 is 2.05 bits per heavy atom. The summed E-state index contributed by atoms with van der Waals surface area (Å²) in [5.41, 5.74) is 0.572. The van der Waals surface area contributed by atoms with E-state index in [4.69, 9.17) is 0 Å². The number of nitrogens with zero attached hydrogens (tertiary/aromatic N) is 3. The molecule has 7 heteroatoms. The number of anilines is 1. The van der Waals surface area contributed by atoms with Crippen molar-refractivity contribution < 1.29 is 13.2 Å². The van der Waals surface area contributed by atoms with E-state index < -0.39 is 12.7 Å². The van der Waals surface area contributed by atoms with E-state index in [0.29, 0.717) is 11.5 Å². The summed E-state index contributed by atoms with van der Waals surface area (Å²) in [5, 5.41) is 3.08. The predicted octanol–water partition coefficient (Wildman–Crippen LogP) is 2.83. The van der Waals surface area contributed by atoms with Gasteiger partial charge in [0, 0.05) is 19.1 Å². The number of hydrogen-bond donors (Lipinski definition) is 1. The first-order valence-electron chi connectivity index (χ1n) is 6.83. The first kappa shape index (κ1) is 15.0. The van der Waals surface area contributed by atoms with Crippen LogP contribution in [0.5, 0.6) is 0 Å². The van der Waals surface area contributed by atoms with E-state index in [-0.39, 0.29) is 12.6 Å². The maximum Gasteiger partial charge on any atom is 0.401 e. The number of nitrogens with one attached hydrogen (secondary N) is 1. The number of aromatic nitrogens is 2. The van der Waals surface area contributed by atoms with Gasteiger partial charge >= 0.3 is 6.18 Å². The van der Waals surface area contributed by atoms with Crippen molar-refractivity contribution in [1.82, 2.24) is 14.9 Å². The van der Waals surface area contributed by atoms with Gasteiger partial charge in [-0.1, -0.05) is 6.92 Å². The van der Waals surface area contributed by atoms with Crippen LogP contribution in [0.1, 0.15) is 31.9 Å². The maximum absolute atomic E-state index is 12.5. The van der Waals surface area contributed by atoms with Gasteiger partial charge in [-0.3, -0.25) is 9.88 Å². The lowest BCUT2D eigenvalue weighted by atomic mass is 10.3. The maximum atomic E-state index is 12.5. The van der Waals surface area contributed by atoms with Gasteiger partial charge in [-0.15, -0.1) is 0 Å². The van der Waals surface area contributed by atoms with Crippen molar-refractivity contribution in [2.24, 2.45) is 0 Å². The Bertz CT molecular complexity index is 415. The highest BCUT2D eigenvalue weighted by atomic mass is 19.4. The van der Waals surface area contributed by atoms with Crippen molar-refractivity contribution in [3.63, 3.8) is 0 Å². The zero-order chi connectivity index (χ0) is 14.6. The molecule has 0 spiro atoms. The Morgan fingerprint density at radius 3 is 2.55 bits per heavy atom. The summed E-state index contributed by atoms with van der Waals surface area (Å²) in [6.45, 7) is 2.16. The highest BCUT2D eigenvalue weighted by Crippen LogP contribution is 2.31. The lowest BCUT2D eigenvalue weighted by Gasteiger charge is -2.22. The monoisotopic (exact) mass is 288 g/mol. The Morgan fingerprint density at radius 1 is 1.30 bits per heavy atom. The van der Waals surface area contributed by atoms with Gasteiger partial charge in [0.05, 0.1) is 24.6 Å². The summed E-state index contributed by atoms with van der Waals surface area (Å²) in [7, 11) is 0. The minimum absolute atomic E-state index is 0.0383. The average Bonchev–Trinajstić information content (AvgIpc) is 3.20. The Labute approximate surface area is 116 Å². The highest BCUT2D eigenvalue weighted by molar-refractivity contribution is 5.30. The van der Waals surface area contributed by atoms with Crippen LogP contribution in [0.15, 0.2) is 12.4 Å². The quantitative estimate of drug-likeness (QED) is 0.837. The van der Waals surface area contributed by atoms with Crippen LogP contribution in [0.3, 0.4) is 0 Å². The Hall–Kier alpha value is -1.37. The third-order valence-corrected chi connectivity index (χ3v) is 3.07. The molecule has 1 saturated carbocycles. The molecule has 1 N–H and O–H groups in total. The molecule has 0 radical (unpaired) electrons. The van der Waals surface area contributed by atoms with Gasteiger partial charge in [-0.2, -0.15) is 13.2 Å². The molecule has 0 amide bonds. The van der Waals surface area contributed by atoms with Crippen molar-refractivity contribution in [2.75, 3.05) is 18.4 Å². The normalized spacial score (nSPS) is 15.7. The van der Waals surface area contributed by atoms with Gasteiger partial charge in [0.15, 0.2) is 0 Å². The summed E-state index contributed by atoms with van der Waals surface area (Å²) in [6.07, 6.45) is 1.59. The lowest BCUT2D eigenvalue weighted by molar-refractivity contribution is -0.148. The topological polar surface area (TPSA) is 41.1 Å². The summed E-state index contributed by atoms with van der Waals surface area (Å²) < 4.78 is 37.5. The third-order valence-electron chi connectivity index (χ3n) is 3.07. The largest absolute Gasteiger partial charge is 0.401 e. The fourth-order valence-electron chi connectivity index (χ4n) is 1.97. The van der Waals surface area contributed by atoms with Gasteiger partial charge in [0.25, 0.3) is 0 Å².